The molecule has 2 heterocycles. The molecule has 0 N–H and O–H groups in total. The Hall–Kier alpha value is -1.02. The van der Waals surface area contributed by atoms with Crippen LogP contribution < -0.4 is 0 Å². The summed E-state index contributed by atoms with van der Waals surface area (Å²) < 4.78 is 0. The smallest absolute Gasteiger partial charge is 0.106 e. The maximum Gasteiger partial charge on any atom is 0.106 e. The van der Waals surface area contributed by atoms with Crippen LogP contribution in [0.1, 0.15) is 37.8 Å². The number of hydrogen-bond acceptors (Lipinski definition) is 2. The number of halogens is 1. The predicted molar refractivity (Wildman–Crippen MR) is 72.3 cm³/mol. The second-order valence-corrected chi connectivity index (χ2v) is 5.90. The van der Waals surface area contributed by atoms with Crippen molar-refractivity contribution >= 4 is 23.1 Å². The predicted octanol–water partition coefficient (Wildman–Crippen LogP) is 4.02. The third-order valence-electron chi connectivity index (χ3n) is 3.91. The van der Waals surface area contributed by atoms with Crippen molar-refractivity contribution in [2.75, 3.05) is 6.54 Å². The van der Waals surface area contributed by atoms with Crippen LogP contribution in [0.5, 0.6) is 0 Å². The van der Waals surface area contributed by atoms with Crippen molar-refractivity contribution in [3.05, 3.63) is 28.3 Å². The van der Waals surface area contributed by atoms with E-state index in [1.807, 2.05) is 12.1 Å². The Balaban J connectivity index is 2.28. The van der Waals surface area contributed by atoms with Gasteiger partial charge in [0.05, 0.1) is 11.2 Å². The molecule has 0 saturated carbocycles. The van der Waals surface area contributed by atoms with Crippen LogP contribution in [0.2, 0.25) is 5.02 Å². The van der Waals surface area contributed by atoms with Gasteiger partial charge >= 0.3 is 0 Å². The first kappa shape index (κ1) is 11.1. The summed E-state index contributed by atoms with van der Waals surface area (Å²) in [7, 11) is 0. The molecular weight excluding hydrogens is 232 g/mol. The van der Waals surface area contributed by atoms with Crippen molar-refractivity contribution < 1.29 is 0 Å². The molecule has 3 heteroatoms. The fraction of sp³-hybridized carbons (Fsp3) is 0.500. The number of nitrogens with zero attached hydrogens (tertiary/aromatic N) is 2. The molecule has 0 aliphatic carbocycles. The average Bonchev–Trinajstić information content (AvgIpc) is 2.64. The highest BCUT2D eigenvalue weighted by atomic mass is 35.5. The first-order valence-corrected chi connectivity index (χ1v) is 6.54. The molecule has 0 spiro atoms. The maximum atomic E-state index is 6.14. The topological polar surface area (TPSA) is 15.6 Å². The lowest BCUT2D eigenvalue weighted by Crippen LogP contribution is -2.44. The van der Waals surface area contributed by atoms with Crippen LogP contribution >= 0.6 is 11.6 Å². The van der Waals surface area contributed by atoms with E-state index in [1.165, 1.54) is 23.4 Å². The Labute approximate surface area is 107 Å². The van der Waals surface area contributed by atoms with Gasteiger partial charge in [-0.3, -0.25) is 0 Å². The van der Waals surface area contributed by atoms with Crippen molar-refractivity contribution in [1.82, 2.24) is 4.90 Å². The Morgan fingerprint density at radius 3 is 2.88 bits per heavy atom. The van der Waals surface area contributed by atoms with Crippen LogP contribution in [0, 0.1) is 6.92 Å². The number of aliphatic imine (C=N–C) groups is 1. The summed E-state index contributed by atoms with van der Waals surface area (Å²) >= 11 is 6.14. The van der Waals surface area contributed by atoms with Crippen molar-refractivity contribution in [3.8, 4) is 0 Å². The molecule has 0 radical (unpaired) electrons. The molecule has 1 saturated heterocycles. The van der Waals surface area contributed by atoms with Crippen molar-refractivity contribution in [1.29, 1.82) is 0 Å². The standard InChI is InChI=1S/C14H17ClN2/c1-9-7-10(15)8-11-13(9)14(2,3)17-6-4-5-12(17)16-11/h7-8H,4-6H2,1-3H3. The number of amidine groups is 1. The van der Waals surface area contributed by atoms with Crippen LogP contribution in [0.3, 0.4) is 0 Å². The summed E-state index contributed by atoms with van der Waals surface area (Å²) in [4.78, 5) is 7.22. The summed E-state index contributed by atoms with van der Waals surface area (Å²) in [6.07, 6.45) is 2.30. The molecule has 2 aliphatic rings. The molecule has 3 rings (SSSR count). The van der Waals surface area contributed by atoms with E-state index in [9.17, 15) is 0 Å². The van der Waals surface area contributed by atoms with Crippen LogP contribution in [0.25, 0.3) is 0 Å². The third-order valence-corrected chi connectivity index (χ3v) is 4.13. The molecule has 2 aliphatic heterocycles. The fourth-order valence-corrected chi connectivity index (χ4v) is 3.53. The largest absolute Gasteiger partial charge is 0.351 e. The number of hydrogen-bond donors (Lipinski definition) is 0. The summed E-state index contributed by atoms with van der Waals surface area (Å²) in [6, 6.07) is 4.03. The lowest BCUT2D eigenvalue weighted by Gasteiger charge is -2.42. The van der Waals surface area contributed by atoms with Crippen molar-refractivity contribution in [3.63, 3.8) is 0 Å². The quantitative estimate of drug-likeness (QED) is 0.677. The SMILES string of the molecule is Cc1cc(Cl)cc2c1C(C)(C)N1CCCC1=N2. The molecule has 17 heavy (non-hydrogen) atoms. The fourth-order valence-electron chi connectivity index (χ4n) is 3.26. The van der Waals surface area contributed by atoms with Crippen molar-refractivity contribution in [2.24, 2.45) is 4.99 Å². The molecule has 0 atom stereocenters. The van der Waals surface area contributed by atoms with E-state index < -0.39 is 0 Å². The van der Waals surface area contributed by atoms with Crippen LogP contribution in [-0.2, 0) is 5.54 Å². The van der Waals surface area contributed by atoms with Gasteiger partial charge in [0.15, 0.2) is 0 Å². The van der Waals surface area contributed by atoms with Gasteiger partial charge in [-0.2, -0.15) is 0 Å². The molecule has 1 aromatic carbocycles. The Morgan fingerprint density at radius 2 is 2.12 bits per heavy atom. The molecule has 0 bridgehead atoms. The van der Waals surface area contributed by atoms with E-state index in [-0.39, 0.29) is 5.54 Å². The molecular formula is C14H17ClN2. The molecule has 0 amide bonds. The van der Waals surface area contributed by atoms with Crippen LogP contribution in [0.4, 0.5) is 5.69 Å². The number of fused-ring (bicyclic) bond motifs is 2. The van der Waals surface area contributed by atoms with Gasteiger partial charge in [-0.1, -0.05) is 11.6 Å². The second-order valence-electron chi connectivity index (χ2n) is 5.46. The third kappa shape index (κ3) is 1.50. The summed E-state index contributed by atoms with van der Waals surface area (Å²) in [5.74, 6) is 1.23. The summed E-state index contributed by atoms with van der Waals surface area (Å²) in [5.41, 5.74) is 3.67. The van der Waals surface area contributed by atoms with Gasteiger partial charge in [0, 0.05) is 23.6 Å². The summed E-state index contributed by atoms with van der Waals surface area (Å²) in [5, 5.41) is 0.785. The van der Waals surface area contributed by atoms with E-state index in [4.69, 9.17) is 16.6 Å². The molecule has 90 valence electrons. The van der Waals surface area contributed by atoms with Crippen LogP contribution in [0.15, 0.2) is 17.1 Å². The van der Waals surface area contributed by atoms with Gasteiger partial charge in [0.2, 0.25) is 0 Å². The normalized spacial score (nSPS) is 20.9. The lowest BCUT2D eigenvalue weighted by molar-refractivity contribution is 0.229. The van der Waals surface area contributed by atoms with Gasteiger partial charge in [-0.25, -0.2) is 4.99 Å². The minimum Gasteiger partial charge on any atom is -0.351 e. The number of rotatable bonds is 0. The van der Waals surface area contributed by atoms with E-state index >= 15 is 0 Å². The van der Waals surface area contributed by atoms with Gasteiger partial charge < -0.3 is 4.90 Å². The average molecular weight is 249 g/mol. The first-order valence-electron chi connectivity index (χ1n) is 6.16. The van der Waals surface area contributed by atoms with E-state index in [2.05, 4.69) is 25.7 Å². The highest BCUT2D eigenvalue weighted by Crippen LogP contribution is 2.44. The van der Waals surface area contributed by atoms with E-state index in [1.54, 1.807) is 0 Å². The molecule has 0 aromatic heterocycles. The zero-order chi connectivity index (χ0) is 12.2. The van der Waals surface area contributed by atoms with E-state index in [0.29, 0.717) is 0 Å². The van der Waals surface area contributed by atoms with Crippen LogP contribution in [-0.4, -0.2) is 17.3 Å². The van der Waals surface area contributed by atoms with Crippen molar-refractivity contribution in [2.45, 2.75) is 39.2 Å². The monoisotopic (exact) mass is 248 g/mol. The highest BCUT2D eigenvalue weighted by molar-refractivity contribution is 6.31. The van der Waals surface area contributed by atoms with Gasteiger partial charge in [0.1, 0.15) is 5.84 Å². The maximum absolute atomic E-state index is 6.14. The first-order chi connectivity index (χ1) is 8.00. The second kappa shape index (κ2) is 3.49. The molecule has 1 fully saturated rings. The number of aryl methyl sites for hydroxylation is 1. The Bertz CT molecular complexity index is 517. The molecule has 2 nitrogen and oxygen atoms in total. The van der Waals surface area contributed by atoms with E-state index in [0.717, 1.165) is 23.7 Å². The zero-order valence-electron chi connectivity index (χ0n) is 10.5. The molecule has 1 aromatic rings. The summed E-state index contributed by atoms with van der Waals surface area (Å²) in [6.45, 7) is 7.82. The van der Waals surface area contributed by atoms with Gasteiger partial charge in [-0.15, -0.1) is 0 Å². The Kier molecular flexibility index (Phi) is 2.27. The van der Waals surface area contributed by atoms with Gasteiger partial charge in [-0.05, 0) is 44.9 Å². The Morgan fingerprint density at radius 1 is 1.35 bits per heavy atom. The zero-order valence-corrected chi connectivity index (χ0v) is 11.3. The van der Waals surface area contributed by atoms with Gasteiger partial charge in [0.25, 0.3) is 0 Å². The lowest BCUT2D eigenvalue weighted by atomic mass is 9.86. The molecule has 0 unspecified atom stereocenters. The minimum absolute atomic E-state index is 0.0393. The number of benzene rings is 1. The minimum atomic E-state index is 0.0393. The highest BCUT2D eigenvalue weighted by Gasteiger charge is 2.39.